The van der Waals surface area contributed by atoms with Crippen LogP contribution in [0.15, 0.2) is 47.6 Å². The predicted octanol–water partition coefficient (Wildman–Crippen LogP) is 2.44. The van der Waals surface area contributed by atoms with E-state index in [0.29, 0.717) is 5.88 Å². The standard InChI is InChI=1S/C13H12ClFN2O2S/c14-6-10-1-3-11(4-2-10)7-17-20(18,19)13-5-12(15)8-16-9-13/h1-5,8-9,17H,6-7H2. The quantitative estimate of drug-likeness (QED) is 0.862. The summed E-state index contributed by atoms with van der Waals surface area (Å²) in [5.74, 6) is -0.291. The van der Waals surface area contributed by atoms with Gasteiger partial charge in [-0.1, -0.05) is 24.3 Å². The van der Waals surface area contributed by atoms with Crippen LogP contribution in [0.5, 0.6) is 0 Å². The largest absolute Gasteiger partial charge is 0.260 e. The summed E-state index contributed by atoms with van der Waals surface area (Å²) in [5.41, 5.74) is 1.74. The minimum atomic E-state index is -3.78. The molecule has 0 amide bonds. The van der Waals surface area contributed by atoms with Crippen LogP contribution in [0.1, 0.15) is 11.1 Å². The molecule has 1 aromatic heterocycles. The Morgan fingerprint density at radius 2 is 1.80 bits per heavy atom. The summed E-state index contributed by atoms with van der Waals surface area (Å²) in [6, 6.07) is 8.13. The summed E-state index contributed by atoms with van der Waals surface area (Å²) in [7, 11) is -3.78. The van der Waals surface area contributed by atoms with Crippen LogP contribution in [-0.2, 0) is 22.4 Å². The Bertz CT molecular complexity index is 690. The van der Waals surface area contributed by atoms with E-state index in [9.17, 15) is 12.8 Å². The molecule has 0 fully saturated rings. The maximum Gasteiger partial charge on any atom is 0.242 e. The molecule has 0 spiro atoms. The number of rotatable bonds is 5. The van der Waals surface area contributed by atoms with Crippen molar-refractivity contribution in [1.29, 1.82) is 0 Å². The molecule has 0 aliphatic heterocycles. The summed E-state index contributed by atoms with van der Waals surface area (Å²) < 4.78 is 39.2. The average Bonchev–Trinajstić information content (AvgIpc) is 2.46. The van der Waals surface area contributed by atoms with Crippen LogP contribution in [0.3, 0.4) is 0 Å². The van der Waals surface area contributed by atoms with Crippen molar-refractivity contribution in [2.75, 3.05) is 0 Å². The number of hydrogen-bond acceptors (Lipinski definition) is 3. The van der Waals surface area contributed by atoms with Gasteiger partial charge in [0, 0.05) is 18.6 Å². The third-order valence-electron chi connectivity index (χ3n) is 2.63. The molecule has 1 N–H and O–H groups in total. The van der Waals surface area contributed by atoms with Gasteiger partial charge < -0.3 is 0 Å². The molecule has 4 nitrogen and oxygen atoms in total. The number of alkyl halides is 1. The minimum Gasteiger partial charge on any atom is -0.260 e. The molecule has 0 atom stereocenters. The van der Waals surface area contributed by atoms with Gasteiger partial charge in [0.25, 0.3) is 0 Å². The van der Waals surface area contributed by atoms with Crippen molar-refractivity contribution in [2.45, 2.75) is 17.3 Å². The molecule has 7 heteroatoms. The first-order valence-corrected chi connectivity index (χ1v) is 7.77. The monoisotopic (exact) mass is 314 g/mol. The fraction of sp³-hybridized carbons (Fsp3) is 0.154. The van der Waals surface area contributed by atoms with Crippen molar-refractivity contribution in [3.05, 3.63) is 59.7 Å². The molecule has 106 valence electrons. The second-order valence-electron chi connectivity index (χ2n) is 4.11. The lowest BCUT2D eigenvalue weighted by atomic mass is 10.1. The summed E-state index contributed by atoms with van der Waals surface area (Å²) in [4.78, 5) is 3.32. The number of sulfonamides is 1. The van der Waals surface area contributed by atoms with Crippen molar-refractivity contribution in [2.24, 2.45) is 0 Å². The van der Waals surface area contributed by atoms with Gasteiger partial charge in [-0.3, -0.25) is 4.98 Å². The van der Waals surface area contributed by atoms with E-state index in [4.69, 9.17) is 11.6 Å². The Morgan fingerprint density at radius 1 is 1.15 bits per heavy atom. The smallest absolute Gasteiger partial charge is 0.242 e. The first-order chi connectivity index (χ1) is 9.51. The highest BCUT2D eigenvalue weighted by molar-refractivity contribution is 7.89. The highest BCUT2D eigenvalue weighted by Gasteiger charge is 2.14. The van der Waals surface area contributed by atoms with Gasteiger partial charge in [-0.25, -0.2) is 17.5 Å². The van der Waals surface area contributed by atoms with Crippen molar-refractivity contribution in [1.82, 2.24) is 9.71 Å². The molecule has 0 radical (unpaired) electrons. The maximum absolute atomic E-state index is 13.0. The van der Waals surface area contributed by atoms with Crippen molar-refractivity contribution < 1.29 is 12.8 Å². The lowest BCUT2D eigenvalue weighted by molar-refractivity contribution is 0.575. The number of pyridine rings is 1. The zero-order chi connectivity index (χ0) is 14.6. The predicted molar refractivity (Wildman–Crippen MR) is 74.2 cm³/mol. The zero-order valence-electron chi connectivity index (χ0n) is 10.4. The zero-order valence-corrected chi connectivity index (χ0v) is 12.0. The molecule has 0 aliphatic rings. The molecule has 2 aromatic rings. The molecule has 2 rings (SSSR count). The molecule has 0 saturated heterocycles. The van der Waals surface area contributed by atoms with Crippen molar-refractivity contribution in [3.63, 3.8) is 0 Å². The van der Waals surface area contributed by atoms with Crippen LogP contribution in [0.2, 0.25) is 0 Å². The number of nitrogens with zero attached hydrogens (tertiary/aromatic N) is 1. The first-order valence-electron chi connectivity index (χ1n) is 5.75. The summed E-state index contributed by atoms with van der Waals surface area (Å²) in [6.07, 6.45) is 2.05. The van der Waals surface area contributed by atoms with E-state index in [0.717, 1.165) is 29.6 Å². The molecule has 0 unspecified atom stereocenters. The maximum atomic E-state index is 13.0. The number of aromatic nitrogens is 1. The van der Waals surface area contributed by atoms with Gasteiger partial charge in [-0.2, -0.15) is 0 Å². The third-order valence-corrected chi connectivity index (χ3v) is 4.31. The summed E-state index contributed by atoms with van der Waals surface area (Å²) in [6.45, 7) is 0.113. The highest BCUT2D eigenvalue weighted by Crippen LogP contribution is 2.11. The molecule has 20 heavy (non-hydrogen) atoms. The molecule has 1 heterocycles. The number of benzene rings is 1. The average molecular weight is 315 g/mol. The fourth-order valence-electron chi connectivity index (χ4n) is 1.55. The summed E-state index contributed by atoms with van der Waals surface area (Å²) >= 11 is 5.67. The van der Waals surface area contributed by atoms with Gasteiger partial charge in [0.1, 0.15) is 10.7 Å². The van der Waals surface area contributed by atoms with E-state index >= 15 is 0 Å². The minimum absolute atomic E-state index is 0.113. The Kier molecular flexibility index (Phi) is 4.69. The Labute approximate surface area is 121 Å². The van der Waals surface area contributed by atoms with Gasteiger partial charge in [-0.05, 0) is 17.2 Å². The van der Waals surface area contributed by atoms with E-state index in [1.165, 1.54) is 0 Å². The van der Waals surface area contributed by atoms with Gasteiger partial charge in [0.15, 0.2) is 0 Å². The van der Waals surface area contributed by atoms with Crippen LogP contribution in [0, 0.1) is 5.82 Å². The van der Waals surface area contributed by atoms with Crippen molar-refractivity contribution >= 4 is 21.6 Å². The Morgan fingerprint density at radius 3 is 2.40 bits per heavy atom. The second kappa shape index (κ2) is 6.30. The van der Waals surface area contributed by atoms with E-state index in [1.54, 1.807) is 12.1 Å². The summed E-state index contributed by atoms with van der Waals surface area (Å²) in [5, 5.41) is 0. The van der Waals surface area contributed by atoms with Gasteiger partial charge in [0.05, 0.1) is 6.20 Å². The van der Waals surface area contributed by atoms with E-state index in [2.05, 4.69) is 9.71 Å². The number of nitrogens with one attached hydrogen (secondary N) is 1. The second-order valence-corrected chi connectivity index (χ2v) is 6.15. The molecular formula is C13H12ClFN2O2S. The SMILES string of the molecule is O=S(=O)(NCc1ccc(CCl)cc1)c1cncc(F)c1. The molecule has 0 bridgehead atoms. The Hall–Kier alpha value is -1.50. The van der Waals surface area contributed by atoms with Crippen molar-refractivity contribution in [3.8, 4) is 0 Å². The lowest BCUT2D eigenvalue weighted by Gasteiger charge is -2.07. The highest BCUT2D eigenvalue weighted by atomic mass is 35.5. The van der Waals surface area contributed by atoms with Gasteiger partial charge in [-0.15, -0.1) is 11.6 Å². The Balaban J connectivity index is 2.09. The van der Waals surface area contributed by atoms with Crippen LogP contribution in [-0.4, -0.2) is 13.4 Å². The molecule has 1 aromatic carbocycles. The van der Waals surface area contributed by atoms with E-state index < -0.39 is 15.8 Å². The normalized spacial score (nSPS) is 11.5. The van der Waals surface area contributed by atoms with Gasteiger partial charge in [0.2, 0.25) is 10.0 Å². The first kappa shape index (κ1) is 14.9. The lowest BCUT2D eigenvalue weighted by Crippen LogP contribution is -2.23. The van der Waals surface area contributed by atoms with E-state index in [1.807, 2.05) is 12.1 Å². The van der Waals surface area contributed by atoms with Crippen LogP contribution in [0.4, 0.5) is 4.39 Å². The third kappa shape index (κ3) is 3.75. The fourth-order valence-corrected chi connectivity index (χ4v) is 2.72. The van der Waals surface area contributed by atoms with E-state index in [-0.39, 0.29) is 11.4 Å². The molecule has 0 saturated carbocycles. The number of hydrogen-bond donors (Lipinski definition) is 1. The topological polar surface area (TPSA) is 59.1 Å². The molecule has 0 aliphatic carbocycles. The number of halogens is 2. The van der Waals surface area contributed by atoms with Crippen LogP contribution < -0.4 is 4.72 Å². The van der Waals surface area contributed by atoms with Crippen LogP contribution in [0.25, 0.3) is 0 Å². The van der Waals surface area contributed by atoms with Crippen LogP contribution >= 0.6 is 11.6 Å². The van der Waals surface area contributed by atoms with Gasteiger partial charge >= 0.3 is 0 Å². The molecular weight excluding hydrogens is 303 g/mol.